The molecule has 0 N–H and O–H groups in total. The van der Waals surface area contributed by atoms with Crippen LogP contribution < -0.4 is 0 Å². The number of hydrogen-bond donors (Lipinski definition) is 0. The smallest absolute Gasteiger partial charge is 0.184 e. The second-order valence-electron chi connectivity index (χ2n) is 4.08. The second-order valence-corrected chi connectivity index (χ2v) is 4.08. The summed E-state index contributed by atoms with van der Waals surface area (Å²) in [4.78, 5) is 15.9. The number of aromatic nitrogens is 3. The number of carbonyl (C=O) groups is 1. The van der Waals surface area contributed by atoms with E-state index in [4.69, 9.17) is 0 Å². The van der Waals surface area contributed by atoms with E-state index in [-0.39, 0.29) is 12.3 Å². The first-order valence-electron chi connectivity index (χ1n) is 5.67. The first kappa shape index (κ1) is 10.7. The average molecular weight is 237 g/mol. The molecule has 4 nitrogen and oxygen atoms in total. The van der Waals surface area contributed by atoms with E-state index >= 15 is 0 Å². The van der Waals surface area contributed by atoms with Gasteiger partial charge in [-0.1, -0.05) is 36.4 Å². The Balaban J connectivity index is 1.92. The second kappa shape index (κ2) is 4.41. The number of benzene rings is 2. The normalized spacial score (nSPS) is 10.7. The minimum atomic E-state index is 0.0336. The highest BCUT2D eigenvalue weighted by molar-refractivity contribution is 5.99. The van der Waals surface area contributed by atoms with E-state index in [1.807, 2.05) is 42.5 Å². The van der Waals surface area contributed by atoms with Gasteiger partial charge in [0.25, 0.3) is 0 Å². The Morgan fingerprint density at radius 2 is 1.94 bits per heavy atom. The van der Waals surface area contributed by atoms with Crippen LogP contribution in [-0.2, 0) is 6.54 Å². The molecule has 0 spiro atoms. The van der Waals surface area contributed by atoms with Crippen molar-refractivity contribution in [2.45, 2.75) is 6.54 Å². The molecule has 3 rings (SSSR count). The Kier molecular flexibility index (Phi) is 2.61. The SMILES string of the molecule is O=C(Cn1cncn1)c1ccc2ccccc2c1. The first-order valence-corrected chi connectivity index (χ1v) is 5.67. The number of fused-ring (bicyclic) bond motifs is 1. The Morgan fingerprint density at radius 1 is 1.11 bits per heavy atom. The molecule has 0 amide bonds. The van der Waals surface area contributed by atoms with Gasteiger partial charge in [0, 0.05) is 5.56 Å². The van der Waals surface area contributed by atoms with Crippen LogP contribution in [0.2, 0.25) is 0 Å². The quantitative estimate of drug-likeness (QED) is 0.657. The van der Waals surface area contributed by atoms with Gasteiger partial charge in [0.2, 0.25) is 0 Å². The summed E-state index contributed by atoms with van der Waals surface area (Å²) in [5.74, 6) is 0.0336. The monoisotopic (exact) mass is 237 g/mol. The molecule has 0 aliphatic carbocycles. The number of carbonyl (C=O) groups excluding carboxylic acids is 1. The summed E-state index contributed by atoms with van der Waals surface area (Å²) < 4.78 is 1.53. The molecule has 0 atom stereocenters. The molecule has 0 unspecified atom stereocenters. The molecule has 0 saturated carbocycles. The van der Waals surface area contributed by atoms with Crippen LogP contribution in [0.25, 0.3) is 10.8 Å². The Hall–Kier alpha value is -2.49. The summed E-state index contributed by atoms with van der Waals surface area (Å²) in [6.07, 6.45) is 2.96. The standard InChI is InChI=1S/C14H11N3O/c18-14(8-17-10-15-9-16-17)13-6-5-11-3-1-2-4-12(11)7-13/h1-7,9-10H,8H2. The highest BCUT2D eigenvalue weighted by Crippen LogP contribution is 2.16. The minimum absolute atomic E-state index is 0.0336. The maximum absolute atomic E-state index is 12.1. The zero-order valence-corrected chi connectivity index (χ0v) is 9.65. The molecule has 4 heteroatoms. The topological polar surface area (TPSA) is 47.8 Å². The van der Waals surface area contributed by atoms with Crippen molar-refractivity contribution < 1.29 is 4.79 Å². The van der Waals surface area contributed by atoms with Gasteiger partial charge in [-0.15, -0.1) is 0 Å². The van der Waals surface area contributed by atoms with Crippen molar-refractivity contribution in [1.82, 2.24) is 14.8 Å². The average Bonchev–Trinajstić information content (AvgIpc) is 2.91. The van der Waals surface area contributed by atoms with Gasteiger partial charge in [-0.2, -0.15) is 5.10 Å². The molecule has 0 fully saturated rings. The summed E-state index contributed by atoms with van der Waals surface area (Å²) >= 11 is 0. The van der Waals surface area contributed by atoms with Crippen LogP contribution >= 0.6 is 0 Å². The Labute approximate surface area is 104 Å². The lowest BCUT2D eigenvalue weighted by molar-refractivity contribution is 0.0967. The van der Waals surface area contributed by atoms with Crippen LogP contribution in [0.3, 0.4) is 0 Å². The highest BCUT2D eigenvalue weighted by atomic mass is 16.1. The molecule has 3 aromatic rings. The fraction of sp³-hybridized carbons (Fsp3) is 0.0714. The van der Waals surface area contributed by atoms with E-state index in [2.05, 4.69) is 10.1 Å². The van der Waals surface area contributed by atoms with Crippen molar-refractivity contribution >= 4 is 16.6 Å². The van der Waals surface area contributed by atoms with Gasteiger partial charge < -0.3 is 0 Å². The highest BCUT2D eigenvalue weighted by Gasteiger charge is 2.07. The summed E-state index contributed by atoms with van der Waals surface area (Å²) in [6, 6.07) is 13.7. The largest absolute Gasteiger partial charge is 0.292 e. The van der Waals surface area contributed by atoms with Gasteiger partial charge in [-0.25, -0.2) is 9.67 Å². The van der Waals surface area contributed by atoms with E-state index in [1.165, 1.54) is 11.0 Å². The van der Waals surface area contributed by atoms with Crippen LogP contribution in [0.15, 0.2) is 55.1 Å². The van der Waals surface area contributed by atoms with E-state index in [1.54, 1.807) is 6.33 Å². The predicted molar refractivity (Wildman–Crippen MR) is 68.3 cm³/mol. The molecule has 18 heavy (non-hydrogen) atoms. The van der Waals surface area contributed by atoms with Crippen molar-refractivity contribution in [3.63, 3.8) is 0 Å². The maximum atomic E-state index is 12.1. The molecule has 1 aromatic heterocycles. The zero-order chi connectivity index (χ0) is 12.4. The van der Waals surface area contributed by atoms with E-state index in [0.717, 1.165) is 10.8 Å². The van der Waals surface area contributed by atoms with Gasteiger partial charge >= 0.3 is 0 Å². The number of ketones is 1. The molecule has 88 valence electrons. The third-order valence-electron chi connectivity index (χ3n) is 2.84. The lowest BCUT2D eigenvalue weighted by Gasteiger charge is -2.03. The van der Waals surface area contributed by atoms with Gasteiger partial charge in [-0.05, 0) is 16.8 Å². The predicted octanol–water partition coefficient (Wildman–Crippen LogP) is 2.31. The van der Waals surface area contributed by atoms with Gasteiger partial charge in [-0.3, -0.25) is 4.79 Å². The lowest BCUT2D eigenvalue weighted by Crippen LogP contribution is -2.10. The molecular weight excluding hydrogens is 226 g/mol. The van der Waals surface area contributed by atoms with E-state index in [9.17, 15) is 4.79 Å². The first-order chi connectivity index (χ1) is 8.83. The third-order valence-corrected chi connectivity index (χ3v) is 2.84. The van der Waals surface area contributed by atoms with Crippen molar-refractivity contribution in [2.24, 2.45) is 0 Å². The Bertz CT molecular complexity index is 689. The molecule has 0 saturated heterocycles. The van der Waals surface area contributed by atoms with Crippen molar-refractivity contribution in [1.29, 1.82) is 0 Å². The van der Waals surface area contributed by atoms with Crippen molar-refractivity contribution in [3.05, 3.63) is 60.7 Å². The van der Waals surface area contributed by atoms with Crippen molar-refractivity contribution in [2.75, 3.05) is 0 Å². The van der Waals surface area contributed by atoms with Crippen LogP contribution in [0.5, 0.6) is 0 Å². The van der Waals surface area contributed by atoms with Gasteiger partial charge in [0.1, 0.15) is 19.2 Å². The number of Topliss-reactive ketones (excluding diaryl/α,β-unsaturated/α-hetero) is 1. The van der Waals surface area contributed by atoms with Crippen LogP contribution in [0, 0.1) is 0 Å². The van der Waals surface area contributed by atoms with Crippen molar-refractivity contribution in [3.8, 4) is 0 Å². The van der Waals surface area contributed by atoms with Crippen LogP contribution in [0.4, 0.5) is 0 Å². The fourth-order valence-corrected chi connectivity index (χ4v) is 1.92. The molecule has 0 aliphatic heterocycles. The third kappa shape index (κ3) is 2.00. The van der Waals surface area contributed by atoms with Crippen LogP contribution in [-0.4, -0.2) is 20.5 Å². The molecule has 0 bridgehead atoms. The zero-order valence-electron chi connectivity index (χ0n) is 9.65. The Morgan fingerprint density at radius 3 is 2.72 bits per heavy atom. The van der Waals surface area contributed by atoms with Gasteiger partial charge in [0.05, 0.1) is 0 Å². The summed E-state index contributed by atoms with van der Waals surface area (Å²) in [5.41, 5.74) is 0.698. The van der Waals surface area contributed by atoms with E-state index < -0.39 is 0 Å². The number of rotatable bonds is 3. The maximum Gasteiger partial charge on any atom is 0.184 e. The molecular formula is C14H11N3O. The number of hydrogen-bond acceptors (Lipinski definition) is 3. The fourth-order valence-electron chi connectivity index (χ4n) is 1.92. The molecule has 0 radical (unpaired) electrons. The molecule has 1 heterocycles. The summed E-state index contributed by atoms with van der Waals surface area (Å²) in [7, 11) is 0. The van der Waals surface area contributed by atoms with Crippen LogP contribution in [0.1, 0.15) is 10.4 Å². The molecule has 2 aromatic carbocycles. The molecule has 0 aliphatic rings. The van der Waals surface area contributed by atoms with Gasteiger partial charge in [0.15, 0.2) is 5.78 Å². The lowest BCUT2D eigenvalue weighted by atomic mass is 10.0. The number of nitrogens with zero attached hydrogens (tertiary/aromatic N) is 3. The van der Waals surface area contributed by atoms with E-state index in [0.29, 0.717) is 5.56 Å². The summed E-state index contributed by atoms with van der Waals surface area (Å²) in [5, 5.41) is 6.13. The summed E-state index contributed by atoms with van der Waals surface area (Å²) in [6.45, 7) is 0.221. The minimum Gasteiger partial charge on any atom is -0.292 e.